The van der Waals surface area contributed by atoms with E-state index >= 15 is 0 Å². The number of amides is 1. The van der Waals surface area contributed by atoms with Crippen molar-refractivity contribution in [3.63, 3.8) is 0 Å². The molecule has 0 aromatic rings. The Labute approximate surface area is 190 Å². The molecule has 182 valence electrons. The SMILES string of the molecule is C=C(C)C(=O)NCCC[N+](C)(C)C(C=O)CNCCC[N+](C)(C)CC(O)C[N+](C)(C)C. The van der Waals surface area contributed by atoms with E-state index in [4.69, 9.17) is 0 Å². The van der Waals surface area contributed by atoms with Gasteiger partial charge in [0, 0.05) is 31.5 Å². The molecule has 0 aliphatic heterocycles. The second kappa shape index (κ2) is 13.3. The van der Waals surface area contributed by atoms with Crippen LogP contribution in [0.3, 0.4) is 0 Å². The van der Waals surface area contributed by atoms with Crippen molar-refractivity contribution >= 4 is 12.2 Å². The van der Waals surface area contributed by atoms with Crippen LogP contribution < -0.4 is 10.6 Å². The summed E-state index contributed by atoms with van der Waals surface area (Å²) in [5.41, 5.74) is 0.508. The van der Waals surface area contributed by atoms with Gasteiger partial charge in [-0.25, -0.2) is 0 Å². The van der Waals surface area contributed by atoms with Crippen molar-refractivity contribution < 1.29 is 28.1 Å². The van der Waals surface area contributed by atoms with Crippen molar-refractivity contribution in [2.75, 3.05) is 95.1 Å². The zero-order chi connectivity index (χ0) is 24.3. The molecule has 0 fully saturated rings. The van der Waals surface area contributed by atoms with Gasteiger partial charge in [0.25, 0.3) is 0 Å². The summed E-state index contributed by atoms with van der Waals surface area (Å²) in [5, 5.41) is 16.6. The maximum absolute atomic E-state index is 11.7. The van der Waals surface area contributed by atoms with Crippen molar-refractivity contribution in [3.05, 3.63) is 12.2 Å². The first kappa shape index (κ1) is 29.7. The predicted molar refractivity (Wildman–Crippen MR) is 128 cm³/mol. The molecule has 0 saturated heterocycles. The molecule has 2 unspecified atom stereocenters. The average molecular weight is 445 g/mol. The van der Waals surface area contributed by atoms with Crippen LogP contribution in [-0.2, 0) is 9.59 Å². The molecule has 0 aliphatic rings. The number of nitrogens with one attached hydrogen (secondary N) is 2. The Morgan fingerprint density at radius 3 is 2.10 bits per heavy atom. The Morgan fingerprint density at radius 1 is 1.00 bits per heavy atom. The van der Waals surface area contributed by atoms with Gasteiger partial charge in [-0.3, -0.25) is 9.59 Å². The first-order chi connectivity index (χ1) is 14.1. The molecule has 0 heterocycles. The summed E-state index contributed by atoms with van der Waals surface area (Å²) >= 11 is 0. The number of aldehydes is 1. The zero-order valence-corrected chi connectivity index (χ0v) is 21.4. The molecule has 3 N–H and O–H groups in total. The molecule has 0 aromatic heterocycles. The molecule has 1 amide bonds. The third kappa shape index (κ3) is 14.4. The summed E-state index contributed by atoms with van der Waals surface area (Å²) in [6.45, 7) is 10.6. The maximum atomic E-state index is 11.7. The van der Waals surface area contributed by atoms with Crippen molar-refractivity contribution in [1.82, 2.24) is 10.6 Å². The van der Waals surface area contributed by atoms with Gasteiger partial charge in [0.15, 0.2) is 18.4 Å². The van der Waals surface area contributed by atoms with Crippen molar-refractivity contribution in [3.8, 4) is 0 Å². The normalized spacial score (nSPS) is 14.7. The Bertz CT molecular complexity index is 570. The summed E-state index contributed by atoms with van der Waals surface area (Å²) in [6, 6.07) is -0.134. The standard InChI is InChI=1S/C23H49N5O3/c1-20(2)23(31)25-13-11-15-28(8,9)21(19-29)16-24-12-10-14-27(6,7)18-22(30)17-26(3,4)5/h19,21-22,24,30H,1,10-18H2,2-9H3/q+2/p+1. The summed E-state index contributed by atoms with van der Waals surface area (Å²) < 4.78 is 2.11. The van der Waals surface area contributed by atoms with Gasteiger partial charge < -0.3 is 29.2 Å². The highest BCUT2D eigenvalue weighted by Crippen LogP contribution is 2.07. The fourth-order valence-electron chi connectivity index (χ4n) is 3.70. The lowest BCUT2D eigenvalue weighted by Crippen LogP contribution is -2.55. The van der Waals surface area contributed by atoms with Crippen molar-refractivity contribution in [2.24, 2.45) is 0 Å². The molecule has 0 radical (unpaired) electrons. The number of hydrogen-bond acceptors (Lipinski definition) is 4. The fraction of sp³-hybridized carbons (Fsp3) is 0.826. The smallest absolute Gasteiger partial charge is 0.246 e. The van der Waals surface area contributed by atoms with Gasteiger partial charge in [0.2, 0.25) is 5.91 Å². The van der Waals surface area contributed by atoms with E-state index in [1.54, 1.807) is 6.92 Å². The third-order valence-electron chi connectivity index (χ3n) is 5.57. The molecule has 31 heavy (non-hydrogen) atoms. The van der Waals surface area contributed by atoms with Crippen LogP contribution in [0.5, 0.6) is 0 Å². The maximum Gasteiger partial charge on any atom is 0.246 e. The Kier molecular flexibility index (Phi) is 12.7. The Balaban J connectivity index is 4.26. The van der Waals surface area contributed by atoms with Gasteiger partial charge in [-0.1, -0.05) is 6.58 Å². The lowest BCUT2D eigenvalue weighted by atomic mass is 10.2. The molecular formula is C23H50N5O3+3. The monoisotopic (exact) mass is 444 g/mol. The lowest BCUT2D eigenvalue weighted by Gasteiger charge is -2.36. The quantitative estimate of drug-likeness (QED) is 0.126. The minimum absolute atomic E-state index is 0.120. The van der Waals surface area contributed by atoms with Gasteiger partial charge in [-0.2, -0.15) is 0 Å². The van der Waals surface area contributed by atoms with E-state index < -0.39 is 0 Å². The number of carbonyl (C=O) groups excluding carboxylic acids is 2. The van der Waals surface area contributed by atoms with E-state index in [2.05, 4.69) is 66.5 Å². The highest BCUT2D eigenvalue weighted by molar-refractivity contribution is 5.91. The first-order valence-corrected chi connectivity index (χ1v) is 11.3. The number of aliphatic hydroxyl groups is 1. The number of nitrogens with zero attached hydrogens (tertiary/aromatic N) is 3. The van der Waals surface area contributed by atoms with E-state index in [0.717, 1.165) is 60.8 Å². The van der Waals surface area contributed by atoms with Gasteiger partial charge in [-0.15, -0.1) is 0 Å². The minimum Gasteiger partial charge on any atom is -0.382 e. The number of carbonyl (C=O) groups is 2. The summed E-state index contributed by atoms with van der Waals surface area (Å²) in [6.07, 6.45) is 2.49. The van der Waals surface area contributed by atoms with Crippen molar-refractivity contribution in [2.45, 2.75) is 31.9 Å². The highest BCUT2D eigenvalue weighted by Gasteiger charge is 2.28. The molecule has 8 nitrogen and oxygen atoms in total. The summed E-state index contributed by atoms with van der Waals surface area (Å²) in [4.78, 5) is 23.2. The number of likely N-dealkylation sites (N-methyl/N-ethyl adjacent to an activating group) is 3. The molecule has 0 aromatic carbocycles. The molecule has 0 spiro atoms. The molecule has 0 rings (SSSR count). The number of quaternary nitrogens is 3. The van der Waals surface area contributed by atoms with E-state index in [0.29, 0.717) is 23.1 Å². The second-order valence-electron chi connectivity index (χ2n) is 11.1. The van der Waals surface area contributed by atoms with Gasteiger partial charge >= 0.3 is 0 Å². The molecule has 0 aliphatic carbocycles. The Hall–Kier alpha value is -1.32. The van der Waals surface area contributed by atoms with Crippen LogP contribution >= 0.6 is 0 Å². The van der Waals surface area contributed by atoms with Crippen LogP contribution in [0.1, 0.15) is 19.8 Å². The average Bonchev–Trinajstić information content (AvgIpc) is 2.58. The molecule has 0 saturated carbocycles. The largest absolute Gasteiger partial charge is 0.382 e. The third-order valence-corrected chi connectivity index (χ3v) is 5.57. The van der Waals surface area contributed by atoms with Crippen LogP contribution in [0.2, 0.25) is 0 Å². The van der Waals surface area contributed by atoms with Crippen LogP contribution in [0.4, 0.5) is 0 Å². The first-order valence-electron chi connectivity index (χ1n) is 11.3. The van der Waals surface area contributed by atoms with Crippen LogP contribution in [-0.4, -0.2) is 138 Å². The van der Waals surface area contributed by atoms with Gasteiger partial charge in [-0.05, 0) is 6.92 Å². The number of hydrogen-bond donors (Lipinski definition) is 3. The summed E-state index contributed by atoms with van der Waals surface area (Å²) in [7, 11) is 14.7. The molecular weight excluding hydrogens is 394 g/mol. The highest BCUT2D eigenvalue weighted by atomic mass is 16.3. The van der Waals surface area contributed by atoms with E-state index in [1.165, 1.54) is 0 Å². The molecule has 2 atom stereocenters. The minimum atomic E-state index is -0.319. The van der Waals surface area contributed by atoms with Gasteiger partial charge in [0.05, 0.1) is 69.0 Å². The predicted octanol–water partition coefficient (Wildman–Crippen LogP) is -0.164. The lowest BCUT2D eigenvalue weighted by molar-refractivity contribution is -0.907. The zero-order valence-electron chi connectivity index (χ0n) is 21.4. The van der Waals surface area contributed by atoms with Gasteiger partial charge in [0.1, 0.15) is 13.1 Å². The van der Waals surface area contributed by atoms with E-state index in [1.807, 2.05) is 0 Å². The second-order valence-corrected chi connectivity index (χ2v) is 11.1. The van der Waals surface area contributed by atoms with Crippen LogP contribution in [0.15, 0.2) is 12.2 Å². The Morgan fingerprint density at radius 2 is 1.58 bits per heavy atom. The van der Waals surface area contributed by atoms with E-state index in [-0.39, 0.29) is 18.1 Å². The van der Waals surface area contributed by atoms with E-state index in [9.17, 15) is 14.7 Å². The van der Waals surface area contributed by atoms with Crippen molar-refractivity contribution in [1.29, 1.82) is 0 Å². The molecule has 8 heteroatoms. The van der Waals surface area contributed by atoms with Crippen LogP contribution in [0.25, 0.3) is 0 Å². The summed E-state index contributed by atoms with van der Waals surface area (Å²) in [5.74, 6) is -0.120. The molecule has 0 bridgehead atoms. The fourth-order valence-corrected chi connectivity index (χ4v) is 3.70. The topological polar surface area (TPSA) is 78.4 Å². The number of aliphatic hydroxyl groups excluding tert-OH is 1. The van der Waals surface area contributed by atoms with Crippen LogP contribution in [0, 0.1) is 0 Å². The number of rotatable bonds is 17.